The van der Waals surface area contributed by atoms with Gasteiger partial charge >= 0.3 is 0 Å². The van der Waals surface area contributed by atoms with E-state index in [1.165, 1.54) is 29.1 Å². The molecule has 0 amide bonds. The summed E-state index contributed by atoms with van der Waals surface area (Å²) in [5.74, 6) is 0.359. The summed E-state index contributed by atoms with van der Waals surface area (Å²) in [4.78, 5) is 6.07. The van der Waals surface area contributed by atoms with Gasteiger partial charge in [-0.05, 0) is 46.8 Å². The Kier molecular flexibility index (Phi) is 4.55. The standard InChI is InChI=1S/C21H18F2N2S/c1-13(18-9-4-10-26-18)21-24-19(14-5-2-7-16(22)11-14)20(25-21)15-6-3-8-17(23)12-15/h2-13,19-20H,1H3,(H,24,25). The van der Waals surface area contributed by atoms with Crippen LogP contribution in [0.1, 0.15) is 40.9 Å². The molecular weight excluding hydrogens is 350 g/mol. The van der Waals surface area contributed by atoms with Crippen molar-refractivity contribution in [3.8, 4) is 0 Å². The number of hydrogen-bond donors (Lipinski definition) is 1. The van der Waals surface area contributed by atoms with Crippen LogP contribution in [-0.2, 0) is 0 Å². The summed E-state index contributed by atoms with van der Waals surface area (Å²) in [6, 6.07) is 16.5. The minimum absolute atomic E-state index is 0.101. The first kappa shape index (κ1) is 16.9. The molecule has 4 rings (SSSR count). The molecule has 2 nitrogen and oxygen atoms in total. The first-order chi connectivity index (χ1) is 12.6. The van der Waals surface area contributed by atoms with Crippen LogP contribution in [0.2, 0.25) is 0 Å². The van der Waals surface area contributed by atoms with E-state index in [9.17, 15) is 8.78 Å². The van der Waals surface area contributed by atoms with Crippen LogP contribution in [0.15, 0.2) is 71.0 Å². The van der Waals surface area contributed by atoms with Crippen LogP contribution < -0.4 is 5.32 Å². The van der Waals surface area contributed by atoms with Crippen molar-refractivity contribution in [3.05, 3.63) is 93.7 Å². The number of rotatable bonds is 4. The minimum Gasteiger partial charge on any atom is -0.364 e. The lowest BCUT2D eigenvalue weighted by molar-refractivity contribution is 0.554. The molecule has 26 heavy (non-hydrogen) atoms. The number of nitrogens with one attached hydrogen (secondary N) is 1. The zero-order valence-corrected chi connectivity index (χ0v) is 15.0. The predicted molar refractivity (Wildman–Crippen MR) is 102 cm³/mol. The molecule has 1 aliphatic rings. The molecule has 2 aromatic carbocycles. The average Bonchev–Trinajstić information content (AvgIpc) is 3.31. The summed E-state index contributed by atoms with van der Waals surface area (Å²) in [6.45, 7) is 2.09. The molecule has 2 heterocycles. The molecule has 3 atom stereocenters. The van der Waals surface area contributed by atoms with Gasteiger partial charge in [-0.1, -0.05) is 37.3 Å². The van der Waals surface area contributed by atoms with E-state index in [2.05, 4.69) is 18.3 Å². The Bertz CT molecular complexity index is 937. The van der Waals surface area contributed by atoms with Crippen molar-refractivity contribution in [2.75, 3.05) is 0 Å². The molecule has 5 heteroatoms. The predicted octanol–water partition coefficient (Wildman–Crippen LogP) is 5.61. The summed E-state index contributed by atoms with van der Waals surface area (Å²) >= 11 is 1.68. The summed E-state index contributed by atoms with van der Waals surface area (Å²) < 4.78 is 27.5. The van der Waals surface area contributed by atoms with Gasteiger partial charge in [-0.15, -0.1) is 11.3 Å². The highest BCUT2D eigenvalue weighted by Gasteiger charge is 2.34. The first-order valence-corrected chi connectivity index (χ1v) is 9.38. The Morgan fingerprint density at radius 3 is 2.31 bits per heavy atom. The van der Waals surface area contributed by atoms with Gasteiger partial charge in [-0.2, -0.15) is 0 Å². The molecule has 132 valence electrons. The van der Waals surface area contributed by atoms with Crippen LogP contribution in [-0.4, -0.2) is 5.84 Å². The molecular formula is C21H18F2N2S. The summed E-state index contributed by atoms with van der Waals surface area (Å²) in [5, 5.41) is 5.50. The largest absolute Gasteiger partial charge is 0.364 e. The first-order valence-electron chi connectivity index (χ1n) is 8.50. The van der Waals surface area contributed by atoms with Gasteiger partial charge in [0.15, 0.2) is 0 Å². The van der Waals surface area contributed by atoms with Gasteiger partial charge in [-0.25, -0.2) is 8.78 Å². The highest BCUT2D eigenvalue weighted by molar-refractivity contribution is 7.10. The second kappa shape index (κ2) is 7.00. The van der Waals surface area contributed by atoms with Crippen molar-refractivity contribution in [1.29, 1.82) is 0 Å². The van der Waals surface area contributed by atoms with Crippen molar-refractivity contribution in [3.63, 3.8) is 0 Å². The van der Waals surface area contributed by atoms with Crippen LogP contribution in [0.25, 0.3) is 0 Å². The molecule has 0 fully saturated rings. The Balaban J connectivity index is 1.73. The molecule has 1 aromatic heterocycles. The fourth-order valence-electron chi connectivity index (χ4n) is 3.33. The molecule has 0 radical (unpaired) electrons. The fraction of sp³-hybridized carbons (Fsp3) is 0.190. The Morgan fingerprint density at radius 1 is 0.962 bits per heavy atom. The van der Waals surface area contributed by atoms with Crippen LogP contribution in [0.3, 0.4) is 0 Å². The third kappa shape index (κ3) is 3.27. The number of benzene rings is 2. The van der Waals surface area contributed by atoms with E-state index in [0.29, 0.717) is 0 Å². The molecule has 3 aromatic rings. The molecule has 3 unspecified atom stereocenters. The number of aliphatic imine (C=N–C) groups is 1. The maximum Gasteiger partial charge on any atom is 0.123 e. The second-order valence-electron chi connectivity index (χ2n) is 6.43. The normalized spacial score (nSPS) is 20.5. The molecule has 1 aliphatic heterocycles. The number of amidine groups is 1. The van der Waals surface area contributed by atoms with Gasteiger partial charge in [0.05, 0.1) is 6.04 Å². The Morgan fingerprint density at radius 2 is 1.65 bits per heavy atom. The van der Waals surface area contributed by atoms with Gasteiger partial charge < -0.3 is 5.32 Å². The smallest absolute Gasteiger partial charge is 0.123 e. The average molecular weight is 368 g/mol. The fourth-order valence-corrected chi connectivity index (χ4v) is 4.12. The van der Waals surface area contributed by atoms with Crippen molar-refractivity contribution < 1.29 is 8.78 Å². The lowest BCUT2D eigenvalue weighted by atomic mass is 9.94. The van der Waals surface area contributed by atoms with Crippen LogP contribution >= 0.6 is 11.3 Å². The van der Waals surface area contributed by atoms with E-state index in [-0.39, 0.29) is 29.6 Å². The number of hydrogen-bond acceptors (Lipinski definition) is 3. The monoisotopic (exact) mass is 368 g/mol. The lowest BCUT2D eigenvalue weighted by Crippen LogP contribution is -2.27. The van der Waals surface area contributed by atoms with Crippen molar-refractivity contribution in [2.45, 2.75) is 24.9 Å². The number of halogens is 2. The minimum atomic E-state index is -0.301. The molecule has 1 N–H and O–H groups in total. The molecule has 0 aliphatic carbocycles. The van der Waals surface area contributed by atoms with E-state index in [1.54, 1.807) is 23.5 Å². The zero-order valence-electron chi connectivity index (χ0n) is 14.2. The van der Waals surface area contributed by atoms with Crippen LogP contribution in [0.5, 0.6) is 0 Å². The molecule has 0 saturated heterocycles. The summed E-state index contributed by atoms with van der Waals surface area (Å²) in [6.07, 6.45) is 0. The maximum atomic E-state index is 13.8. The summed E-state index contributed by atoms with van der Waals surface area (Å²) in [7, 11) is 0. The van der Waals surface area contributed by atoms with Gasteiger partial charge in [0.1, 0.15) is 23.5 Å². The van der Waals surface area contributed by atoms with Gasteiger partial charge in [0.25, 0.3) is 0 Å². The van der Waals surface area contributed by atoms with Gasteiger partial charge in [0, 0.05) is 10.8 Å². The third-order valence-corrected chi connectivity index (χ3v) is 5.73. The van der Waals surface area contributed by atoms with E-state index in [0.717, 1.165) is 17.0 Å². The Hall–Kier alpha value is -2.53. The van der Waals surface area contributed by atoms with E-state index in [4.69, 9.17) is 4.99 Å². The molecule has 0 saturated carbocycles. The van der Waals surface area contributed by atoms with Crippen molar-refractivity contribution in [2.24, 2.45) is 4.99 Å². The number of thiophene rings is 1. The zero-order chi connectivity index (χ0) is 18.1. The SMILES string of the molecule is CC(C1=NC(c2cccc(F)c2)C(c2cccc(F)c2)N1)c1cccs1. The van der Waals surface area contributed by atoms with E-state index < -0.39 is 0 Å². The Labute approximate surface area is 155 Å². The van der Waals surface area contributed by atoms with E-state index in [1.807, 2.05) is 23.6 Å². The maximum absolute atomic E-state index is 13.8. The second-order valence-corrected chi connectivity index (χ2v) is 7.41. The third-order valence-electron chi connectivity index (χ3n) is 4.68. The molecule has 0 bridgehead atoms. The van der Waals surface area contributed by atoms with Crippen LogP contribution in [0, 0.1) is 11.6 Å². The topological polar surface area (TPSA) is 24.4 Å². The van der Waals surface area contributed by atoms with Gasteiger partial charge in [-0.3, -0.25) is 4.99 Å². The van der Waals surface area contributed by atoms with Gasteiger partial charge in [0.2, 0.25) is 0 Å². The molecule has 0 spiro atoms. The quantitative estimate of drug-likeness (QED) is 0.635. The summed E-state index contributed by atoms with van der Waals surface area (Å²) in [5.41, 5.74) is 1.58. The highest BCUT2D eigenvalue weighted by atomic mass is 32.1. The van der Waals surface area contributed by atoms with E-state index >= 15 is 0 Å². The van der Waals surface area contributed by atoms with Crippen molar-refractivity contribution >= 4 is 17.2 Å². The van der Waals surface area contributed by atoms with Crippen LogP contribution in [0.4, 0.5) is 8.78 Å². The lowest BCUT2D eigenvalue weighted by Gasteiger charge is -2.20. The number of nitrogens with zero attached hydrogens (tertiary/aromatic N) is 1. The highest BCUT2D eigenvalue weighted by Crippen LogP contribution is 2.39. The van der Waals surface area contributed by atoms with Crippen molar-refractivity contribution in [1.82, 2.24) is 5.32 Å².